The van der Waals surface area contributed by atoms with Crippen molar-refractivity contribution in [1.29, 1.82) is 0 Å². The van der Waals surface area contributed by atoms with Crippen molar-refractivity contribution in [2.45, 2.75) is 44.0 Å². The number of halogens is 2. The second kappa shape index (κ2) is 9.53. The van der Waals surface area contributed by atoms with Crippen LogP contribution in [0.4, 0.5) is 4.39 Å². The van der Waals surface area contributed by atoms with Crippen molar-refractivity contribution < 1.29 is 28.2 Å². The highest BCUT2D eigenvalue weighted by molar-refractivity contribution is 6.30. The van der Waals surface area contributed by atoms with Crippen LogP contribution >= 0.6 is 11.6 Å². The van der Waals surface area contributed by atoms with Crippen LogP contribution in [0.2, 0.25) is 5.02 Å². The molecule has 2 heterocycles. The number of methoxy groups -OCH3 is 2. The van der Waals surface area contributed by atoms with Crippen molar-refractivity contribution in [3.8, 4) is 11.5 Å². The minimum absolute atomic E-state index is 0.103. The minimum Gasteiger partial charge on any atom is -0.493 e. The van der Waals surface area contributed by atoms with Crippen LogP contribution in [0.1, 0.15) is 36.4 Å². The zero-order chi connectivity index (χ0) is 24.7. The number of ketones is 1. The normalized spacial score (nSPS) is 25.8. The highest BCUT2D eigenvalue weighted by atomic mass is 35.5. The number of nitrogens with zero attached hydrogens (tertiary/aromatic N) is 1. The number of rotatable bonds is 6. The zero-order valence-corrected chi connectivity index (χ0v) is 20.4. The van der Waals surface area contributed by atoms with E-state index in [1.165, 1.54) is 0 Å². The van der Waals surface area contributed by atoms with Crippen molar-refractivity contribution in [2.24, 2.45) is 5.92 Å². The molecule has 2 aromatic rings. The standard InChI is InChI=1S/C27H27ClFNO5/c1-33-21-8-6-15(12-22(21)34-2)10-11-30-24(16-4-3-5-17(28)13-16)23-25(31)19-14-18(29)7-9-20(19)35-26(23)27(30)32/h3-6,8,12-13,18-20,24H,7,9-11,14H2,1-2H3. The van der Waals surface area contributed by atoms with E-state index in [0.29, 0.717) is 47.9 Å². The largest absolute Gasteiger partial charge is 0.493 e. The van der Waals surface area contributed by atoms with Crippen LogP contribution in [0.3, 0.4) is 0 Å². The number of hydrogen-bond acceptors (Lipinski definition) is 5. The molecule has 35 heavy (non-hydrogen) atoms. The van der Waals surface area contributed by atoms with Gasteiger partial charge in [0, 0.05) is 11.6 Å². The van der Waals surface area contributed by atoms with E-state index in [4.69, 9.17) is 25.8 Å². The molecule has 1 saturated carbocycles. The fraction of sp³-hybridized carbons (Fsp3) is 0.407. The van der Waals surface area contributed by atoms with Gasteiger partial charge in [0.05, 0.1) is 31.8 Å². The predicted molar refractivity (Wildman–Crippen MR) is 128 cm³/mol. The third-order valence-electron chi connectivity index (χ3n) is 7.13. The van der Waals surface area contributed by atoms with Crippen LogP contribution in [-0.2, 0) is 20.7 Å². The minimum atomic E-state index is -1.03. The number of fused-ring (bicyclic) bond motifs is 1. The van der Waals surface area contributed by atoms with E-state index < -0.39 is 24.2 Å². The van der Waals surface area contributed by atoms with Crippen LogP contribution in [0.5, 0.6) is 11.5 Å². The van der Waals surface area contributed by atoms with E-state index in [0.717, 1.165) is 11.1 Å². The first-order valence-corrected chi connectivity index (χ1v) is 12.2. The van der Waals surface area contributed by atoms with Gasteiger partial charge < -0.3 is 19.1 Å². The summed E-state index contributed by atoms with van der Waals surface area (Å²) in [5.74, 6) is 0.244. The van der Waals surface area contributed by atoms with Crippen LogP contribution in [0.25, 0.3) is 0 Å². The number of alkyl halides is 1. The molecule has 0 N–H and O–H groups in total. The SMILES string of the molecule is COc1ccc(CCN2C(=O)C3=C(C(=O)C4CC(F)CCC4O3)C2c2cccc(Cl)c2)cc1OC. The quantitative estimate of drug-likeness (QED) is 0.569. The molecular formula is C27H27ClFNO5. The van der Waals surface area contributed by atoms with E-state index >= 15 is 0 Å². The molecule has 0 radical (unpaired) electrons. The van der Waals surface area contributed by atoms with Crippen LogP contribution in [-0.4, -0.2) is 49.6 Å². The molecule has 4 unspecified atom stereocenters. The lowest BCUT2D eigenvalue weighted by Crippen LogP contribution is -2.42. The monoisotopic (exact) mass is 499 g/mol. The van der Waals surface area contributed by atoms with E-state index in [2.05, 4.69) is 0 Å². The Morgan fingerprint density at radius 3 is 2.63 bits per heavy atom. The Hall–Kier alpha value is -3.06. The highest BCUT2D eigenvalue weighted by Gasteiger charge is 2.52. The zero-order valence-electron chi connectivity index (χ0n) is 19.6. The molecular weight excluding hydrogens is 473 g/mol. The number of carbonyl (C=O) groups is 2. The molecule has 0 bridgehead atoms. The van der Waals surface area contributed by atoms with Gasteiger partial charge >= 0.3 is 0 Å². The number of benzene rings is 2. The molecule has 0 aromatic heterocycles. The maximum Gasteiger partial charge on any atom is 0.290 e. The summed E-state index contributed by atoms with van der Waals surface area (Å²) in [4.78, 5) is 28.9. The lowest BCUT2D eigenvalue weighted by Gasteiger charge is -2.36. The second-order valence-corrected chi connectivity index (χ2v) is 9.61. The van der Waals surface area contributed by atoms with Gasteiger partial charge in [-0.15, -0.1) is 0 Å². The van der Waals surface area contributed by atoms with Crippen molar-refractivity contribution in [1.82, 2.24) is 4.90 Å². The molecule has 8 heteroatoms. The van der Waals surface area contributed by atoms with Crippen LogP contribution < -0.4 is 9.47 Å². The van der Waals surface area contributed by atoms with Gasteiger partial charge in [-0.05, 0) is 61.1 Å². The van der Waals surface area contributed by atoms with E-state index in [1.807, 2.05) is 24.3 Å². The van der Waals surface area contributed by atoms with E-state index in [9.17, 15) is 14.0 Å². The molecule has 3 aliphatic rings. The highest BCUT2D eigenvalue weighted by Crippen LogP contribution is 2.47. The Morgan fingerprint density at radius 2 is 1.89 bits per heavy atom. The van der Waals surface area contributed by atoms with Crippen molar-refractivity contribution >= 4 is 23.3 Å². The molecule has 2 aliphatic heterocycles. The lowest BCUT2D eigenvalue weighted by molar-refractivity contribution is -0.136. The van der Waals surface area contributed by atoms with Crippen molar-refractivity contribution in [3.05, 3.63) is 69.9 Å². The molecule has 0 spiro atoms. The molecule has 5 rings (SSSR count). The topological polar surface area (TPSA) is 65.1 Å². The number of ether oxygens (including phenoxy) is 3. The van der Waals surface area contributed by atoms with Crippen LogP contribution in [0, 0.1) is 5.92 Å². The van der Waals surface area contributed by atoms with Gasteiger partial charge in [-0.2, -0.15) is 0 Å². The number of Topliss-reactive ketones (excluding diaryl/α,β-unsaturated/α-hetero) is 1. The van der Waals surface area contributed by atoms with Gasteiger partial charge in [-0.25, -0.2) is 4.39 Å². The molecule has 1 amide bonds. The first kappa shape index (κ1) is 23.7. The number of amides is 1. The average Bonchev–Trinajstić information content (AvgIpc) is 3.14. The Kier molecular flexibility index (Phi) is 6.45. The Balaban J connectivity index is 1.48. The van der Waals surface area contributed by atoms with Gasteiger partial charge in [0.25, 0.3) is 5.91 Å². The molecule has 1 aliphatic carbocycles. The summed E-state index contributed by atoms with van der Waals surface area (Å²) >= 11 is 6.27. The predicted octanol–water partition coefficient (Wildman–Crippen LogP) is 4.84. The molecule has 2 aromatic carbocycles. The summed E-state index contributed by atoms with van der Waals surface area (Å²) in [5, 5.41) is 0.507. The van der Waals surface area contributed by atoms with Crippen molar-refractivity contribution in [3.63, 3.8) is 0 Å². The molecule has 6 nitrogen and oxygen atoms in total. The van der Waals surface area contributed by atoms with Crippen LogP contribution in [0.15, 0.2) is 53.8 Å². The molecule has 184 valence electrons. The summed E-state index contributed by atoms with van der Waals surface area (Å²) < 4.78 is 31.0. The van der Waals surface area contributed by atoms with Gasteiger partial charge in [0.1, 0.15) is 12.3 Å². The Labute approximate surface area is 208 Å². The summed E-state index contributed by atoms with van der Waals surface area (Å²) in [5.41, 5.74) is 2.00. The van der Waals surface area contributed by atoms with Gasteiger partial charge in [0.2, 0.25) is 0 Å². The molecule has 1 fully saturated rings. The second-order valence-electron chi connectivity index (χ2n) is 9.18. The fourth-order valence-electron chi connectivity index (χ4n) is 5.40. The summed E-state index contributed by atoms with van der Waals surface area (Å²) in [7, 11) is 3.15. The summed E-state index contributed by atoms with van der Waals surface area (Å²) in [6.45, 7) is 0.343. The maximum atomic E-state index is 14.2. The number of hydrogen-bond donors (Lipinski definition) is 0. The van der Waals surface area contributed by atoms with Gasteiger partial charge in [-0.1, -0.05) is 29.8 Å². The average molecular weight is 500 g/mol. The summed E-state index contributed by atoms with van der Waals surface area (Å²) in [6.07, 6.45) is -0.0716. The van der Waals surface area contributed by atoms with Crippen molar-refractivity contribution in [2.75, 3.05) is 20.8 Å². The van der Waals surface area contributed by atoms with E-state index in [-0.39, 0.29) is 23.9 Å². The lowest BCUT2D eigenvalue weighted by atomic mass is 9.77. The third kappa shape index (κ3) is 4.27. The summed E-state index contributed by atoms with van der Waals surface area (Å²) in [6, 6.07) is 12.1. The molecule has 0 saturated heterocycles. The van der Waals surface area contributed by atoms with Gasteiger partial charge in [0.15, 0.2) is 23.0 Å². The first-order valence-electron chi connectivity index (χ1n) is 11.8. The Bertz CT molecular complexity index is 1200. The third-order valence-corrected chi connectivity index (χ3v) is 7.37. The molecule has 4 atom stereocenters. The fourth-order valence-corrected chi connectivity index (χ4v) is 5.60. The van der Waals surface area contributed by atoms with E-state index in [1.54, 1.807) is 37.3 Å². The number of carbonyl (C=O) groups excluding carboxylic acids is 2. The Morgan fingerprint density at radius 1 is 1.09 bits per heavy atom. The van der Waals surface area contributed by atoms with Gasteiger partial charge in [-0.3, -0.25) is 9.59 Å². The smallest absolute Gasteiger partial charge is 0.290 e. The maximum absolute atomic E-state index is 14.2. The first-order chi connectivity index (χ1) is 16.9.